The maximum Gasteiger partial charge on any atom is 0.251 e. The van der Waals surface area contributed by atoms with Gasteiger partial charge in [0.1, 0.15) is 0 Å². The van der Waals surface area contributed by atoms with Crippen molar-refractivity contribution in [3.8, 4) is 0 Å². The van der Waals surface area contributed by atoms with Crippen LogP contribution in [0.3, 0.4) is 0 Å². The Morgan fingerprint density at radius 1 is 1.23 bits per heavy atom. The highest BCUT2D eigenvalue weighted by Crippen LogP contribution is 2.31. The lowest BCUT2D eigenvalue weighted by atomic mass is 9.88. The summed E-state index contributed by atoms with van der Waals surface area (Å²) in [5.74, 6) is -0.608. The predicted octanol–water partition coefficient (Wildman–Crippen LogP) is 2.45. The molecule has 0 spiro atoms. The molecule has 6 heteroatoms. The van der Waals surface area contributed by atoms with E-state index in [-0.39, 0.29) is 30.2 Å². The molecule has 0 bridgehead atoms. The monoisotopic (exact) mass is 363 g/mol. The number of likely N-dealkylation sites (N-methyl/N-ethyl adjacent to an activating group) is 1. The van der Waals surface area contributed by atoms with Crippen molar-refractivity contribution < 1.29 is 14.4 Å². The minimum Gasteiger partial charge on any atom is -0.353 e. The molecular weight excluding hydrogens is 330 g/mol. The first-order chi connectivity index (χ1) is 12.3. The van der Waals surface area contributed by atoms with Gasteiger partial charge in [0.25, 0.3) is 5.91 Å². The van der Waals surface area contributed by atoms with E-state index in [0.29, 0.717) is 18.5 Å². The number of nitrogens with zero attached hydrogens (tertiary/aromatic N) is 2. The van der Waals surface area contributed by atoms with Gasteiger partial charge >= 0.3 is 0 Å². The van der Waals surface area contributed by atoms with Crippen LogP contribution in [0.25, 0.3) is 0 Å². The lowest BCUT2D eigenvalue weighted by Gasteiger charge is -2.35. The van der Waals surface area contributed by atoms with Gasteiger partial charge in [-0.1, -0.05) is 26.2 Å². The summed E-state index contributed by atoms with van der Waals surface area (Å²) in [5.41, 5.74) is 1.40. The van der Waals surface area contributed by atoms with E-state index in [9.17, 15) is 14.4 Å². The summed E-state index contributed by atoms with van der Waals surface area (Å²) < 4.78 is 0. The van der Waals surface area contributed by atoms with Gasteiger partial charge in [0.15, 0.2) is 0 Å². The van der Waals surface area contributed by atoms with E-state index in [0.717, 1.165) is 44.2 Å². The maximum atomic E-state index is 12.9. The number of allylic oxidation sites excluding steroid dienone is 1. The van der Waals surface area contributed by atoms with E-state index in [1.807, 2.05) is 6.92 Å². The minimum absolute atomic E-state index is 0.0205. The molecule has 1 aliphatic heterocycles. The predicted molar refractivity (Wildman–Crippen MR) is 101 cm³/mol. The van der Waals surface area contributed by atoms with Gasteiger partial charge in [-0.15, -0.1) is 0 Å². The van der Waals surface area contributed by atoms with Crippen LogP contribution in [0.5, 0.6) is 0 Å². The largest absolute Gasteiger partial charge is 0.353 e. The zero-order valence-electron chi connectivity index (χ0n) is 16.6. The van der Waals surface area contributed by atoms with Crippen molar-refractivity contribution in [3.05, 3.63) is 11.3 Å². The molecule has 0 saturated heterocycles. The molecule has 1 atom stereocenters. The Labute approximate surface area is 157 Å². The molecular formula is C20H33N3O3. The highest BCUT2D eigenvalue weighted by atomic mass is 16.2. The van der Waals surface area contributed by atoms with Crippen LogP contribution in [0.15, 0.2) is 11.3 Å². The number of hydrogen-bond donors (Lipinski definition) is 1. The van der Waals surface area contributed by atoms with Crippen molar-refractivity contribution in [3.63, 3.8) is 0 Å². The molecule has 1 fully saturated rings. The van der Waals surface area contributed by atoms with Gasteiger partial charge in [-0.3, -0.25) is 14.4 Å². The molecule has 0 aromatic carbocycles. The Kier molecular flexibility index (Phi) is 7.23. The third-order valence-corrected chi connectivity index (χ3v) is 5.46. The number of unbranched alkanes of at least 4 members (excludes halogenated alkanes) is 1. The van der Waals surface area contributed by atoms with Crippen molar-refractivity contribution in [2.24, 2.45) is 5.92 Å². The first-order valence-electron chi connectivity index (χ1n) is 9.87. The Balaban J connectivity index is 2.14. The van der Waals surface area contributed by atoms with E-state index in [4.69, 9.17) is 0 Å². The zero-order valence-corrected chi connectivity index (χ0v) is 16.6. The van der Waals surface area contributed by atoms with E-state index in [1.54, 1.807) is 23.9 Å². The molecule has 2 aliphatic rings. The van der Waals surface area contributed by atoms with E-state index >= 15 is 0 Å². The summed E-state index contributed by atoms with van der Waals surface area (Å²) in [7, 11) is 3.44. The van der Waals surface area contributed by atoms with Gasteiger partial charge in [-0.25, -0.2) is 0 Å². The maximum absolute atomic E-state index is 12.9. The summed E-state index contributed by atoms with van der Waals surface area (Å²) in [6.07, 6.45) is 6.72. The van der Waals surface area contributed by atoms with Crippen LogP contribution in [0.1, 0.15) is 65.2 Å². The van der Waals surface area contributed by atoms with Gasteiger partial charge in [-0.2, -0.15) is 0 Å². The van der Waals surface area contributed by atoms with Crippen LogP contribution in [0, 0.1) is 5.92 Å². The van der Waals surface area contributed by atoms with Gasteiger partial charge in [0.05, 0.1) is 5.92 Å². The van der Waals surface area contributed by atoms with Crippen LogP contribution < -0.4 is 5.32 Å². The van der Waals surface area contributed by atoms with Gasteiger partial charge in [0.2, 0.25) is 11.8 Å². The number of hydrogen-bond acceptors (Lipinski definition) is 3. The number of carbonyl (C=O) groups is 3. The fourth-order valence-electron chi connectivity index (χ4n) is 3.88. The summed E-state index contributed by atoms with van der Waals surface area (Å²) in [6.45, 7) is 4.52. The molecule has 1 saturated carbocycles. The normalized spacial score (nSPS) is 21.3. The fourth-order valence-corrected chi connectivity index (χ4v) is 3.88. The average molecular weight is 364 g/mol. The molecule has 6 nitrogen and oxygen atoms in total. The van der Waals surface area contributed by atoms with Crippen LogP contribution in [0.2, 0.25) is 0 Å². The second-order valence-corrected chi connectivity index (χ2v) is 7.76. The molecule has 146 valence electrons. The molecule has 3 amide bonds. The number of amides is 3. The van der Waals surface area contributed by atoms with Crippen molar-refractivity contribution in [2.45, 2.75) is 71.3 Å². The molecule has 1 aliphatic carbocycles. The SMILES string of the molecule is CCCCN1C(=O)C(CC(=O)NC2CCCC2)CC(C(=O)N(C)C)=C1C. The van der Waals surface area contributed by atoms with Crippen molar-refractivity contribution in [1.29, 1.82) is 0 Å². The second-order valence-electron chi connectivity index (χ2n) is 7.76. The standard InChI is InChI=1S/C20H33N3O3/c1-5-6-11-23-14(2)17(20(26)22(3)4)12-15(19(23)25)13-18(24)21-16-9-7-8-10-16/h15-16H,5-13H2,1-4H3,(H,21,24). The number of carbonyl (C=O) groups excluding carboxylic acids is 3. The first kappa shape index (κ1) is 20.5. The first-order valence-corrected chi connectivity index (χ1v) is 9.87. The Hall–Kier alpha value is -1.85. The molecule has 2 rings (SSSR count). The minimum atomic E-state index is -0.448. The summed E-state index contributed by atoms with van der Waals surface area (Å²) in [5, 5.41) is 3.06. The van der Waals surface area contributed by atoms with Gasteiger partial charge < -0.3 is 15.1 Å². The van der Waals surface area contributed by atoms with Crippen LogP contribution in [0.4, 0.5) is 0 Å². The Bertz CT molecular complexity index is 577. The Morgan fingerprint density at radius 3 is 2.46 bits per heavy atom. The third-order valence-electron chi connectivity index (χ3n) is 5.46. The fraction of sp³-hybridized carbons (Fsp3) is 0.750. The van der Waals surface area contributed by atoms with Gasteiger partial charge in [-0.05, 0) is 32.6 Å². The summed E-state index contributed by atoms with van der Waals surface area (Å²) in [4.78, 5) is 41.2. The lowest BCUT2D eigenvalue weighted by Crippen LogP contribution is -2.44. The van der Waals surface area contributed by atoms with Gasteiger partial charge in [0, 0.05) is 44.4 Å². The number of nitrogens with one attached hydrogen (secondary N) is 1. The molecule has 26 heavy (non-hydrogen) atoms. The summed E-state index contributed by atoms with van der Waals surface area (Å²) in [6, 6.07) is 0.248. The smallest absolute Gasteiger partial charge is 0.251 e. The zero-order chi connectivity index (χ0) is 19.3. The molecule has 0 aromatic heterocycles. The van der Waals surface area contributed by atoms with Crippen LogP contribution in [-0.4, -0.2) is 54.2 Å². The van der Waals surface area contributed by atoms with Crippen LogP contribution in [-0.2, 0) is 14.4 Å². The third kappa shape index (κ3) is 4.86. The lowest BCUT2D eigenvalue weighted by molar-refractivity contribution is -0.138. The molecule has 0 radical (unpaired) electrons. The van der Waals surface area contributed by atoms with E-state index in [1.165, 1.54) is 0 Å². The molecule has 0 aromatic rings. The highest BCUT2D eigenvalue weighted by molar-refractivity contribution is 5.98. The van der Waals surface area contributed by atoms with E-state index < -0.39 is 5.92 Å². The molecule has 1 unspecified atom stereocenters. The average Bonchev–Trinajstić information content (AvgIpc) is 3.09. The molecule has 1 heterocycles. The topological polar surface area (TPSA) is 69.7 Å². The van der Waals surface area contributed by atoms with Crippen molar-refractivity contribution in [1.82, 2.24) is 15.1 Å². The Morgan fingerprint density at radius 2 is 1.88 bits per heavy atom. The second kappa shape index (κ2) is 9.19. The summed E-state index contributed by atoms with van der Waals surface area (Å²) >= 11 is 0. The van der Waals surface area contributed by atoms with Crippen molar-refractivity contribution in [2.75, 3.05) is 20.6 Å². The molecule has 1 N–H and O–H groups in total. The quantitative estimate of drug-likeness (QED) is 0.755. The van der Waals surface area contributed by atoms with Crippen LogP contribution >= 0.6 is 0 Å². The van der Waals surface area contributed by atoms with E-state index in [2.05, 4.69) is 12.2 Å². The van der Waals surface area contributed by atoms with Crippen molar-refractivity contribution >= 4 is 17.7 Å². The highest BCUT2D eigenvalue weighted by Gasteiger charge is 2.36. The number of rotatable bonds is 7.